The average molecular weight is 601 g/mol. The molecule has 2 amide bonds. The van der Waals surface area contributed by atoms with E-state index in [-0.39, 0.29) is 55.1 Å². The summed E-state index contributed by atoms with van der Waals surface area (Å²) in [5.74, 6) is -0.824. The van der Waals surface area contributed by atoms with E-state index in [0.29, 0.717) is 11.0 Å². The summed E-state index contributed by atoms with van der Waals surface area (Å²) < 4.78 is 34.5. The van der Waals surface area contributed by atoms with Gasteiger partial charge in [0.2, 0.25) is 15.9 Å². The van der Waals surface area contributed by atoms with Crippen LogP contribution in [0.4, 0.5) is 0 Å². The van der Waals surface area contributed by atoms with Gasteiger partial charge in [0.25, 0.3) is 5.91 Å². The minimum Gasteiger partial charge on any atom is -0.464 e. The predicted molar refractivity (Wildman–Crippen MR) is 163 cm³/mol. The number of carbonyl (C=O) groups is 2. The lowest BCUT2D eigenvalue weighted by atomic mass is 9.99. The van der Waals surface area contributed by atoms with Gasteiger partial charge < -0.3 is 14.4 Å². The zero-order valence-corrected chi connectivity index (χ0v) is 26.2. The van der Waals surface area contributed by atoms with Crippen LogP contribution in [0.5, 0.6) is 0 Å². The number of hydrazine groups is 1. The first-order valence-corrected chi connectivity index (χ1v) is 15.7. The summed E-state index contributed by atoms with van der Waals surface area (Å²) in [5.41, 5.74) is 4.12. The zero-order chi connectivity index (χ0) is 31.0. The Hall–Kier alpha value is -3.25. The molecule has 1 unspecified atom stereocenters. The third-order valence-corrected chi connectivity index (χ3v) is 8.47. The summed E-state index contributed by atoms with van der Waals surface area (Å²) in [6.07, 6.45) is 0.508. The maximum absolute atomic E-state index is 13.9. The monoisotopic (exact) mass is 600 g/mol. The van der Waals surface area contributed by atoms with Crippen molar-refractivity contribution < 1.29 is 27.5 Å². The molecule has 0 spiro atoms. The summed E-state index contributed by atoms with van der Waals surface area (Å²) in [6, 6.07) is 14.7. The molecular weight excluding hydrogens is 556 g/mol. The molecule has 11 heteroatoms. The van der Waals surface area contributed by atoms with Crippen LogP contribution in [0.2, 0.25) is 0 Å². The fourth-order valence-electron chi connectivity index (χ4n) is 4.75. The van der Waals surface area contributed by atoms with Gasteiger partial charge in [-0.25, -0.2) is 13.4 Å². The Morgan fingerprint density at radius 1 is 0.952 bits per heavy atom. The third kappa shape index (κ3) is 9.12. The second-order valence-electron chi connectivity index (χ2n) is 11.8. The van der Waals surface area contributed by atoms with Crippen molar-refractivity contribution in [1.82, 2.24) is 19.6 Å². The summed E-state index contributed by atoms with van der Waals surface area (Å²) in [7, 11) is -0.553. The molecule has 42 heavy (non-hydrogen) atoms. The van der Waals surface area contributed by atoms with Gasteiger partial charge in [-0.2, -0.15) is 4.31 Å². The second-order valence-corrected chi connectivity index (χ2v) is 13.7. The largest absolute Gasteiger partial charge is 0.464 e. The van der Waals surface area contributed by atoms with Crippen molar-refractivity contribution >= 4 is 32.8 Å². The molecule has 1 aromatic heterocycles. The Balaban J connectivity index is 2.01. The summed E-state index contributed by atoms with van der Waals surface area (Å²) in [4.78, 5) is 28.2. The van der Waals surface area contributed by atoms with Crippen LogP contribution < -0.4 is 5.43 Å². The molecule has 10 nitrogen and oxygen atoms in total. The van der Waals surface area contributed by atoms with Crippen LogP contribution in [0.1, 0.15) is 39.7 Å². The number of likely N-dealkylation sites (N-methyl/N-ethyl adjacent to an activating group) is 1. The lowest BCUT2D eigenvalue weighted by molar-refractivity contribution is -0.148. The second kappa shape index (κ2) is 14.8. The average Bonchev–Trinajstić information content (AvgIpc) is 3.38. The molecule has 0 bridgehead atoms. The molecule has 0 fully saturated rings. The smallest absolute Gasteiger partial charge is 0.252 e. The number of carbonyl (C=O) groups excluding carboxylic acids is 2. The Bertz CT molecular complexity index is 1420. The summed E-state index contributed by atoms with van der Waals surface area (Å²) in [6.45, 7) is 7.49. The van der Waals surface area contributed by atoms with Gasteiger partial charge in [0.05, 0.1) is 29.8 Å². The Labute approximate surface area is 249 Å². The van der Waals surface area contributed by atoms with Gasteiger partial charge in [-0.15, -0.1) is 0 Å². The Morgan fingerprint density at radius 3 is 2.26 bits per heavy atom. The topological polar surface area (TPSA) is 123 Å². The molecule has 1 heterocycles. The number of furan rings is 1. The number of fused-ring (bicyclic) bond motifs is 1. The highest BCUT2D eigenvalue weighted by Gasteiger charge is 2.36. The van der Waals surface area contributed by atoms with Gasteiger partial charge in [-0.3, -0.25) is 15.0 Å². The van der Waals surface area contributed by atoms with Crippen LogP contribution in [0.25, 0.3) is 11.0 Å². The molecular formula is C31H44N4O6S. The van der Waals surface area contributed by atoms with Crippen LogP contribution >= 0.6 is 0 Å². The van der Waals surface area contributed by atoms with Crippen molar-refractivity contribution in [3.8, 4) is 0 Å². The standard InChI is InChI=1S/C31H44N4O6S/c1-22(2)16-31(38)35(32-30(37)21-33(5)6)27(17-24-10-8-7-9-11-24)28(36)20-34(19-23(3)4)42(39,40)26-12-13-29-25(18-26)14-15-41-29/h7-15,18,22-23,27-28,36H,16-17,19-21H2,1-6H3,(H,32,37)/t27?,28-/m1/s1. The van der Waals surface area contributed by atoms with Gasteiger partial charge in [0.1, 0.15) is 5.58 Å². The van der Waals surface area contributed by atoms with E-state index in [9.17, 15) is 23.1 Å². The molecule has 0 aliphatic rings. The fraction of sp³-hybridized carbons (Fsp3) is 0.484. The summed E-state index contributed by atoms with van der Waals surface area (Å²) in [5, 5.41) is 13.6. The van der Waals surface area contributed by atoms with Crippen LogP contribution in [0.15, 0.2) is 70.2 Å². The van der Waals surface area contributed by atoms with Crippen LogP contribution in [-0.4, -0.2) is 85.4 Å². The lowest BCUT2D eigenvalue weighted by Crippen LogP contribution is -2.60. The molecule has 2 atom stereocenters. The normalized spacial score (nSPS) is 13.7. The quantitative estimate of drug-likeness (QED) is 0.272. The van der Waals surface area contributed by atoms with Crippen molar-refractivity contribution in [2.75, 3.05) is 33.7 Å². The first-order chi connectivity index (χ1) is 19.8. The molecule has 3 aromatic rings. The molecule has 2 aromatic carbocycles. The fourth-order valence-corrected chi connectivity index (χ4v) is 6.41. The molecule has 0 saturated carbocycles. The highest BCUT2D eigenvalue weighted by molar-refractivity contribution is 7.89. The number of nitrogens with zero attached hydrogens (tertiary/aromatic N) is 3. The number of benzene rings is 2. The number of aliphatic hydroxyl groups excluding tert-OH is 1. The highest BCUT2D eigenvalue weighted by atomic mass is 32.2. The van der Waals surface area contributed by atoms with Gasteiger partial charge in [0, 0.05) is 24.9 Å². The van der Waals surface area contributed by atoms with Crippen molar-refractivity contribution in [2.45, 2.75) is 57.6 Å². The van der Waals surface area contributed by atoms with Crippen LogP contribution in [0, 0.1) is 11.8 Å². The highest BCUT2D eigenvalue weighted by Crippen LogP contribution is 2.25. The van der Waals surface area contributed by atoms with Gasteiger partial charge in [0.15, 0.2) is 0 Å². The molecule has 2 N–H and O–H groups in total. The zero-order valence-electron chi connectivity index (χ0n) is 25.4. The number of nitrogens with one attached hydrogen (secondary N) is 1. The van der Waals surface area contributed by atoms with Gasteiger partial charge in [-0.1, -0.05) is 58.0 Å². The first-order valence-electron chi connectivity index (χ1n) is 14.2. The number of rotatable bonds is 14. The van der Waals surface area contributed by atoms with E-state index >= 15 is 0 Å². The number of hydrogen-bond acceptors (Lipinski definition) is 7. The van der Waals surface area contributed by atoms with Crippen LogP contribution in [0.3, 0.4) is 0 Å². The number of aliphatic hydroxyl groups is 1. The lowest BCUT2D eigenvalue weighted by Gasteiger charge is -2.37. The maximum Gasteiger partial charge on any atom is 0.252 e. The molecule has 0 saturated heterocycles. The van der Waals surface area contributed by atoms with Gasteiger partial charge in [-0.05, 0) is 62.2 Å². The van der Waals surface area contributed by atoms with E-state index in [1.807, 2.05) is 58.0 Å². The predicted octanol–water partition coefficient (Wildman–Crippen LogP) is 3.52. The molecule has 0 aliphatic carbocycles. The third-order valence-electron chi connectivity index (χ3n) is 6.64. The molecule has 3 rings (SSSR count). The van der Waals surface area contributed by atoms with Crippen molar-refractivity contribution in [3.05, 3.63) is 66.4 Å². The number of sulfonamides is 1. The minimum atomic E-state index is -4.04. The minimum absolute atomic E-state index is 0.00377. The van der Waals surface area contributed by atoms with Gasteiger partial charge >= 0.3 is 0 Å². The Morgan fingerprint density at radius 2 is 1.64 bits per heavy atom. The van der Waals surface area contributed by atoms with E-state index < -0.39 is 28.1 Å². The number of hydrogen-bond donors (Lipinski definition) is 2. The molecule has 0 aliphatic heterocycles. The first kappa shape index (κ1) is 33.3. The SMILES string of the molecule is CC(C)CC(=O)N(NC(=O)CN(C)C)C(Cc1ccccc1)[C@H](O)CN(CC(C)C)S(=O)(=O)c1ccc2occc2c1. The van der Waals surface area contributed by atoms with E-state index in [4.69, 9.17) is 4.42 Å². The van der Waals surface area contributed by atoms with E-state index in [1.165, 1.54) is 21.6 Å². The van der Waals surface area contributed by atoms with Crippen molar-refractivity contribution in [3.63, 3.8) is 0 Å². The van der Waals surface area contributed by atoms with E-state index in [2.05, 4.69) is 5.43 Å². The van der Waals surface area contributed by atoms with E-state index in [1.54, 1.807) is 37.2 Å². The summed E-state index contributed by atoms with van der Waals surface area (Å²) >= 11 is 0. The van der Waals surface area contributed by atoms with E-state index in [0.717, 1.165) is 5.56 Å². The molecule has 0 radical (unpaired) electrons. The van der Waals surface area contributed by atoms with Crippen molar-refractivity contribution in [1.29, 1.82) is 0 Å². The Kier molecular flexibility index (Phi) is 11.7. The van der Waals surface area contributed by atoms with Crippen molar-refractivity contribution in [2.24, 2.45) is 11.8 Å². The maximum atomic E-state index is 13.9. The van der Waals surface area contributed by atoms with Crippen LogP contribution in [-0.2, 0) is 26.0 Å². The number of amides is 2. The molecule has 230 valence electrons.